The van der Waals surface area contributed by atoms with Crippen molar-refractivity contribution in [2.75, 3.05) is 6.54 Å². The van der Waals surface area contributed by atoms with E-state index in [-0.39, 0.29) is 24.3 Å². The Balaban J connectivity index is 3.44. The molecule has 2 atom stereocenters. The van der Waals surface area contributed by atoms with E-state index in [9.17, 15) is 14.4 Å². The second-order valence-electron chi connectivity index (χ2n) is 10.7. The summed E-state index contributed by atoms with van der Waals surface area (Å²) in [5.41, 5.74) is 0.464. The molecule has 0 bridgehead atoms. The molecule has 0 saturated carbocycles. The van der Waals surface area contributed by atoms with Gasteiger partial charge in [0.1, 0.15) is 17.7 Å². The predicted octanol–water partition coefficient (Wildman–Crippen LogP) is 4.51. The predicted molar refractivity (Wildman–Crippen MR) is 132 cm³/mol. The Labute approximate surface area is 198 Å². The molecule has 0 aliphatic carbocycles. The molecule has 0 spiro atoms. The minimum Gasteiger partial charge on any atom is -0.444 e. The van der Waals surface area contributed by atoms with Gasteiger partial charge in [-0.3, -0.25) is 9.59 Å². The van der Waals surface area contributed by atoms with Crippen LogP contribution in [0.15, 0.2) is 36.9 Å². The first-order chi connectivity index (χ1) is 15.1. The number of ether oxygens (including phenoxy) is 1. The highest BCUT2D eigenvalue weighted by molar-refractivity contribution is 5.92. The minimum atomic E-state index is -0.892. The van der Waals surface area contributed by atoms with E-state index in [1.54, 1.807) is 26.8 Å². The molecule has 1 aromatic carbocycles. The largest absolute Gasteiger partial charge is 0.444 e. The second kappa shape index (κ2) is 11.3. The third-order valence-electron chi connectivity index (χ3n) is 4.63. The standard InChI is InChI=1S/C26H41N3O4/c1-11-15-29(23(31)20(17(2)3)27-24(32)33-26(8,9)10)21(22(30)28-25(5,6)7)19-14-12-13-18(4)16-19/h11-14,16-17,20-21H,1,15H2,2-10H3,(H,27,32)(H,28,30). The van der Waals surface area contributed by atoms with Gasteiger partial charge in [0.2, 0.25) is 11.8 Å². The van der Waals surface area contributed by atoms with Crippen LogP contribution < -0.4 is 10.6 Å². The molecule has 0 heterocycles. The first kappa shape index (κ1) is 28.2. The van der Waals surface area contributed by atoms with Crippen LogP contribution in [0.5, 0.6) is 0 Å². The van der Waals surface area contributed by atoms with Crippen LogP contribution in [-0.4, -0.2) is 46.5 Å². The first-order valence-electron chi connectivity index (χ1n) is 11.3. The Morgan fingerprint density at radius 1 is 1.12 bits per heavy atom. The maximum absolute atomic E-state index is 13.8. The fourth-order valence-corrected chi connectivity index (χ4v) is 3.34. The van der Waals surface area contributed by atoms with Crippen LogP contribution in [0.2, 0.25) is 0 Å². The summed E-state index contributed by atoms with van der Waals surface area (Å²) in [6, 6.07) is 5.74. The number of carbonyl (C=O) groups excluding carboxylic acids is 3. The Bertz CT molecular complexity index is 850. The molecule has 2 unspecified atom stereocenters. The summed E-state index contributed by atoms with van der Waals surface area (Å²) in [4.78, 5) is 41.1. The van der Waals surface area contributed by atoms with Crippen molar-refractivity contribution in [1.82, 2.24) is 15.5 Å². The van der Waals surface area contributed by atoms with Crippen LogP contribution >= 0.6 is 0 Å². The van der Waals surface area contributed by atoms with Gasteiger partial charge in [-0.15, -0.1) is 6.58 Å². The van der Waals surface area contributed by atoms with Crippen molar-refractivity contribution >= 4 is 17.9 Å². The minimum absolute atomic E-state index is 0.133. The molecule has 0 radical (unpaired) electrons. The van der Waals surface area contributed by atoms with Crippen LogP contribution in [0.3, 0.4) is 0 Å². The number of nitrogens with one attached hydrogen (secondary N) is 2. The van der Waals surface area contributed by atoms with Crippen molar-refractivity contribution in [1.29, 1.82) is 0 Å². The lowest BCUT2D eigenvalue weighted by Crippen LogP contribution is -2.56. The highest BCUT2D eigenvalue weighted by Crippen LogP contribution is 2.25. The zero-order valence-electron chi connectivity index (χ0n) is 21.6. The lowest BCUT2D eigenvalue weighted by atomic mass is 9.97. The maximum Gasteiger partial charge on any atom is 0.408 e. The summed E-state index contributed by atoms with van der Waals surface area (Å²) in [6.07, 6.45) is 0.898. The second-order valence-corrected chi connectivity index (χ2v) is 10.7. The number of hydrogen-bond donors (Lipinski definition) is 2. The van der Waals surface area contributed by atoms with Crippen molar-refractivity contribution in [2.24, 2.45) is 5.92 Å². The van der Waals surface area contributed by atoms with Gasteiger partial charge in [-0.1, -0.05) is 49.8 Å². The fraction of sp³-hybridized carbons (Fsp3) is 0.577. The van der Waals surface area contributed by atoms with E-state index in [0.29, 0.717) is 5.56 Å². The van der Waals surface area contributed by atoms with E-state index in [1.807, 2.05) is 65.8 Å². The molecular weight excluding hydrogens is 418 g/mol. The average molecular weight is 460 g/mol. The molecule has 7 heteroatoms. The Morgan fingerprint density at radius 2 is 1.73 bits per heavy atom. The molecule has 33 heavy (non-hydrogen) atoms. The number of rotatable bonds is 8. The monoisotopic (exact) mass is 459 g/mol. The number of nitrogens with zero attached hydrogens (tertiary/aromatic N) is 1. The van der Waals surface area contributed by atoms with Crippen molar-refractivity contribution in [3.05, 3.63) is 48.0 Å². The van der Waals surface area contributed by atoms with E-state index in [4.69, 9.17) is 4.74 Å². The third kappa shape index (κ3) is 9.28. The molecule has 7 nitrogen and oxygen atoms in total. The molecule has 0 aromatic heterocycles. The third-order valence-corrected chi connectivity index (χ3v) is 4.63. The molecule has 0 aliphatic rings. The van der Waals surface area contributed by atoms with Crippen molar-refractivity contribution < 1.29 is 19.1 Å². The van der Waals surface area contributed by atoms with Gasteiger partial charge in [0.25, 0.3) is 0 Å². The fourth-order valence-electron chi connectivity index (χ4n) is 3.34. The topological polar surface area (TPSA) is 87.7 Å². The SMILES string of the molecule is C=CCN(C(=O)C(NC(=O)OC(C)(C)C)C(C)C)C(C(=O)NC(C)(C)C)c1cccc(C)c1. The first-order valence-corrected chi connectivity index (χ1v) is 11.3. The van der Waals surface area contributed by atoms with Crippen LogP contribution in [-0.2, 0) is 14.3 Å². The molecule has 184 valence electrons. The number of aryl methyl sites for hydroxylation is 1. The summed E-state index contributed by atoms with van der Waals surface area (Å²) in [5, 5.41) is 5.69. The number of amides is 3. The average Bonchev–Trinajstić information content (AvgIpc) is 2.62. The van der Waals surface area contributed by atoms with Gasteiger partial charge in [0.15, 0.2) is 0 Å². The quantitative estimate of drug-likeness (QED) is 0.560. The Morgan fingerprint density at radius 3 is 2.18 bits per heavy atom. The molecule has 2 N–H and O–H groups in total. The van der Waals surface area contributed by atoms with Gasteiger partial charge in [-0.2, -0.15) is 0 Å². The van der Waals surface area contributed by atoms with Crippen LogP contribution in [0.1, 0.15) is 72.6 Å². The summed E-state index contributed by atoms with van der Waals surface area (Å²) >= 11 is 0. The summed E-state index contributed by atoms with van der Waals surface area (Å²) in [6.45, 7) is 20.5. The van der Waals surface area contributed by atoms with Gasteiger partial charge < -0.3 is 20.3 Å². The lowest BCUT2D eigenvalue weighted by molar-refractivity contribution is -0.143. The van der Waals surface area contributed by atoms with E-state index in [2.05, 4.69) is 17.2 Å². The molecule has 0 fully saturated rings. The van der Waals surface area contributed by atoms with Crippen LogP contribution in [0, 0.1) is 12.8 Å². The molecule has 0 saturated heterocycles. The highest BCUT2D eigenvalue weighted by Gasteiger charge is 2.37. The van der Waals surface area contributed by atoms with Gasteiger partial charge in [0, 0.05) is 12.1 Å². The zero-order chi connectivity index (χ0) is 25.6. The maximum atomic E-state index is 13.8. The number of carbonyl (C=O) groups is 3. The summed E-state index contributed by atoms with van der Waals surface area (Å²) in [7, 11) is 0. The smallest absolute Gasteiger partial charge is 0.408 e. The zero-order valence-corrected chi connectivity index (χ0v) is 21.6. The number of hydrogen-bond acceptors (Lipinski definition) is 4. The van der Waals surface area contributed by atoms with E-state index in [1.165, 1.54) is 4.90 Å². The van der Waals surface area contributed by atoms with Crippen molar-refractivity contribution in [2.45, 2.75) is 85.5 Å². The molecule has 0 aliphatic heterocycles. The highest BCUT2D eigenvalue weighted by atomic mass is 16.6. The van der Waals surface area contributed by atoms with Gasteiger partial charge in [-0.25, -0.2) is 4.79 Å². The Kier molecular flexibility index (Phi) is 9.70. The van der Waals surface area contributed by atoms with Gasteiger partial charge >= 0.3 is 6.09 Å². The van der Waals surface area contributed by atoms with Gasteiger partial charge in [0.05, 0.1) is 0 Å². The lowest BCUT2D eigenvalue weighted by Gasteiger charge is -2.36. The number of alkyl carbamates (subject to hydrolysis) is 1. The summed E-state index contributed by atoms with van der Waals surface area (Å²) in [5.74, 6) is -0.921. The van der Waals surface area contributed by atoms with E-state index in [0.717, 1.165) is 5.56 Å². The van der Waals surface area contributed by atoms with Gasteiger partial charge in [-0.05, 0) is 59.9 Å². The van der Waals surface area contributed by atoms with Crippen molar-refractivity contribution in [3.63, 3.8) is 0 Å². The molecular formula is C26H41N3O4. The van der Waals surface area contributed by atoms with E-state index >= 15 is 0 Å². The van der Waals surface area contributed by atoms with Crippen molar-refractivity contribution in [3.8, 4) is 0 Å². The molecule has 1 aromatic rings. The summed E-state index contributed by atoms with van der Waals surface area (Å²) < 4.78 is 5.36. The molecule has 3 amide bonds. The van der Waals surface area contributed by atoms with Crippen LogP contribution in [0.25, 0.3) is 0 Å². The molecule has 1 rings (SSSR count). The number of benzene rings is 1. The van der Waals surface area contributed by atoms with E-state index < -0.39 is 29.3 Å². The normalized spacial score (nSPS) is 13.6. The van der Waals surface area contributed by atoms with Crippen LogP contribution in [0.4, 0.5) is 4.79 Å². The Hall–Kier alpha value is -2.83.